The summed E-state index contributed by atoms with van der Waals surface area (Å²) in [4.78, 5) is 27.2. The van der Waals surface area contributed by atoms with Crippen molar-refractivity contribution in [1.29, 1.82) is 0 Å². The number of likely N-dealkylation sites (tertiary alicyclic amines) is 1. The molecule has 6 nitrogen and oxygen atoms in total. The van der Waals surface area contributed by atoms with Gasteiger partial charge in [0, 0.05) is 23.3 Å². The summed E-state index contributed by atoms with van der Waals surface area (Å²) in [5, 5.41) is 2.90. The van der Waals surface area contributed by atoms with E-state index in [9.17, 15) is 22.8 Å². The standard InChI is InChI=1S/C20H18ClF3N2O4/c1-29-17-8-7-12(21)10-15(17)19(28)26-9-3-6-16(26)18(27)25-13-4-2-5-14(11-13)30-20(22,23)24/h2,4-5,7-8,10-11,16H,3,6,9H2,1H3,(H,25,27). The Morgan fingerprint density at radius 1 is 1.20 bits per heavy atom. The van der Waals surface area contributed by atoms with Crippen molar-refractivity contribution in [3.05, 3.63) is 53.1 Å². The zero-order chi connectivity index (χ0) is 21.9. The van der Waals surface area contributed by atoms with Gasteiger partial charge >= 0.3 is 6.36 Å². The van der Waals surface area contributed by atoms with Crippen molar-refractivity contribution >= 4 is 29.1 Å². The number of carbonyl (C=O) groups is 2. The first-order valence-electron chi connectivity index (χ1n) is 8.99. The molecule has 160 valence electrons. The van der Waals surface area contributed by atoms with Crippen molar-refractivity contribution in [2.75, 3.05) is 19.0 Å². The molecule has 0 radical (unpaired) electrons. The molecule has 30 heavy (non-hydrogen) atoms. The van der Waals surface area contributed by atoms with Gasteiger partial charge in [-0.3, -0.25) is 9.59 Å². The number of amides is 2. The number of nitrogens with one attached hydrogen (secondary N) is 1. The maximum atomic E-state index is 13.0. The Bertz CT molecular complexity index is 952. The predicted molar refractivity (Wildman–Crippen MR) is 104 cm³/mol. The SMILES string of the molecule is COc1ccc(Cl)cc1C(=O)N1CCCC1C(=O)Nc1cccc(OC(F)(F)F)c1. The number of carbonyl (C=O) groups excluding carboxylic acids is 2. The molecule has 0 aliphatic carbocycles. The summed E-state index contributed by atoms with van der Waals surface area (Å²) in [6.07, 6.45) is -3.82. The first kappa shape index (κ1) is 21.8. The quantitative estimate of drug-likeness (QED) is 0.740. The van der Waals surface area contributed by atoms with Gasteiger partial charge in [0.05, 0.1) is 12.7 Å². The van der Waals surface area contributed by atoms with E-state index >= 15 is 0 Å². The van der Waals surface area contributed by atoms with Gasteiger partial charge in [0.1, 0.15) is 17.5 Å². The number of anilines is 1. The molecule has 1 heterocycles. The molecule has 1 N–H and O–H groups in total. The van der Waals surface area contributed by atoms with Crippen molar-refractivity contribution in [3.8, 4) is 11.5 Å². The van der Waals surface area contributed by atoms with E-state index in [0.29, 0.717) is 30.2 Å². The monoisotopic (exact) mass is 442 g/mol. The van der Waals surface area contributed by atoms with E-state index in [4.69, 9.17) is 16.3 Å². The number of nitrogens with zero attached hydrogens (tertiary/aromatic N) is 1. The normalized spacial score (nSPS) is 16.3. The lowest BCUT2D eigenvalue weighted by Crippen LogP contribution is -2.43. The van der Waals surface area contributed by atoms with Crippen LogP contribution in [0.25, 0.3) is 0 Å². The lowest BCUT2D eigenvalue weighted by Gasteiger charge is -2.25. The second-order valence-corrected chi connectivity index (χ2v) is 7.00. The van der Waals surface area contributed by atoms with E-state index < -0.39 is 30.0 Å². The largest absolute Gasteiger partial charge is 0.573 e. The van der Waals surface area contributed by atoms with Gasteiger partial charge in [0.2, 0.25) is 5.91 Å². The molecular formula is C20H18ClF3N2O4. The van der Waals surface area contributed by atoms with Crippen LogP contribution in [-0.4, -0.2) is 42.8 Å². The number of benzene rings is 2. The van der Waals surface area contributed by atoms with E-state index in [0.717, 1.165) is 12.1 Å². The van der Waals surface area contributed by atoms with E-state index in [1.807, 2.05) is 0 Å². The van der Waals surface area contributed by atoms with Gasteiger partial charge in [-0.1, -0.05) is 17.7 Å². The summed E-state index contributed by atoms with van der Waals surface area (Å²) in [5.41, 5.74) is 0.353. The highest BCUT2D eigenvalue weighted by Gasteiger charge is 2.36. The number of rotatable bonds is 5. The summed E-state index contributed by atoms with van der Waals surface area (Å²) in [7, 11) is 1.42. The second kappa shape index (κ2) is 8.83. The van der Waals surface area contributed by atoms with Gasteiger partial charge < -0.3 is 19.7 Å². The second-order valence-electron chi connectivity index (χ2n) is 6.57. The Kier molecular flexibility index (Phi) is 6.40. The van der Waals surface area contributed by atoms with Crippen LogP contribution in [0.4, 0.5) is 18.9 Å². The van der Waals surface area contributed by atoms with Gasteiger partial charge in [0.15, 0.2) is 0 Å². The number of methoxy groups -OCH3 is 1. The number of ether oxygens (including phenoxy) is 2. The van der Waals surface area contributed by atoms with Gasteiger partial charge in [-0.05, 0) is 43.2 Å². The highest BCUT2D eigenvalue weighted by atomic mass is 35.5. The zero-order valence-corrected chi connectivity index (χ0v) is 16.6. The average Bonchev–Trinajstić information content (AvgIpc) is 3.16. The molecule has 1 atom stereocenters. The summed E-state index contributed by atoms with van der Waals surface area (Å²) in [6, 6.07) is 8.77. The Hall–Kier alpha value is -2.94. The molecule has 1 aliphatic heterocycles. The van der Waals surface area contributed by atoms with E-state index in [-0.39, 0.29) is 11.3 Å². The predicted octanol–water partition coefficient (Wildman–Crippen LogP) is 4.49. The van der Waals surface area contributed by atoms with Crippen LogP contribution in [0.2, 0.25) is 5.02 Å². The third-order valence-corrected chi connectivity index (χ3v) is 4.78. The Balaban J connectivity index is 1.76. The van der Waals surface area contributed by atoms with E-state index in [2.05, 4.69) is 10.1 Å². The van der Waals surface area contributed by atoms with Crippen LogP contribution in [0.5, 0.6) is 11.5 Å². The highest BCUT2D eigenvalue weighted by molar-refractivity contribution is 6.31. The van der Waals surface area contributed by atoms with Crippen LogP contribution in [0.1, 0.15) is 23.2 Å². The van der Waals surface area contributed by atoms with Gasteiger partial charge in [0.25, 0.3) is 5.91 Å². The molecule has 1 unspecified atom stereocenters. The summed E-state index contributed by atoms with van der Waals surface area (Å²) in [5.74, 6) is -1.05. The minimum Gasteiger partial charge on any atom is -0.496 e. The Labute approximate surface area is 175 Å². The molecule has 0 aromatic heterocycles. The zero-order valence-electron chi connectivity index (χ0n) is 15.8. The Morgan fingerprint density at radius 2 is 1.97 bits per heavy atom. The van der Waals surface area contributed by atoms with Crippen LogP contribution in [0, 0.1) is 0 Å². The first-order valence-corrected chi connectivity index (χ1v) is 9.37. The number of hydrogen-bond acceptors (Lipinski definition) is 4. The summed E-state index contributed by atoms with van der Waals surface area (Å²) >= 11 is 5.99. The minimum atomic E-state index is -4.84. The fraction of sp³-hybridized carbons (Fsp3) is 0.300. The van der Waals surface area contributed by atoms with Crippen LogP contribution < -0.4 is 14.8 Å². The van der Waals surface area contributed by atoms with Gasteiger partial charge in [-0.15, -0.1) is 13.2 Å². The van der Waals surface area contributed by atoms with Crippen molar-refractivity contribution in [2.24, 2.45) is 0 Å². The highest BCUT2D eigenvalue weighted by Crippen LogP contribution is 2.29. The molecule has 1 saturated heterocycles. The molecular weight excluding hydrogens is 425 g/mol. The molecule has 1 fully saturated rings. The smallest absolute Gasteiger partial charge is 0.496 e. The molecule has 0 spiro atoms. The van der Waals surface area contributed by atoms with E-state index in [1.165, 1.54) is 30.2 Å². The fourth-order valence-electron chi connectivity index (χ4n) is 3.28. The lowest BCUT2D eigenvalue weighted by molar-refractivity contribution is -0.274. The number of hydrogen-bond donors (Lipinski definition) is 1. The lowest BCUT2D eigenvalue weighted by atomic mass is 10.1. The van der Waals surface area contributed by atoms with Crippen LogP contribution >= 0.6 is 11.6 Å². The molecule has 1 aliphatic rings. The van der Waals surface area contributed by atoms with Crippen LogP contribution in [0.15, 0.2) is 42.5 Å². The number of halogens is 4. The third-order valence-electron chi connectivity index (χ3n) is 4.54. The maximum Gasteiger partial charge on any atom is 0.573 e. The molecule has 2 aromatic rings. The first-order chi connectivity index (χ1) is 14.2. The number of alkyl halides is 3. The van der Waals surface area contributed by atoms with Crippen molar-refractivity contribution in [2.45, 2.75) is 25.2 Å². The maximum absolute atomic E-state index is 13.0. The fourth-order valence-corrected chi connectivity index (χ4v) is 3.45. The minimum absolute atomic E-state index is 0.126. The average molecular weight is 443 g/mol. The third kappa shape index (κ3) is 5.15. The summed E-state index contributed by atoms with van der Waals surface area (Å²) < 4.78 is 46.3. The van der Waals surface area contributed by atoms with Gasteiger partial charge in [-0.2, -0.15) is 0 Å². The molecule has 0 bridgehead atoms. The summed E-state index contributed by atoms with van der Waals surface area (Å²) in [6.45, 7) is 0.351. The Morgan fingerprint density at radius 3 is 2.67 bits per heavy atom. The molecule has 10 heteroatoms. The molecule has 2 aromatic carbocycles. The van der Waals surface area contributed by atoms with Crippen LogP contribution in [0.3, 0.4) is 0 Å². The van der Waals surface area contributed by atoms with Crippen molar-refractivity contribution in [1.82, 2.24) is 4.90 Å². The molecule has 0 saturated carbocycles. The molecule has 2 amide bonds. The molecule has 3 rings (SSSR count). The van der Waals surface area contributed by atoms with Crippen LogP contribution in [-0.2, 0) is 4.79 Å². The van der Waals surface area contributed by atoms with Crippen molar-refractivity contribution in [3.63, 3.8) is 0 Å². The van der Waals surface area contributed by atoms with Crippen molar-refractivity contribution < 1.29 is 32.2 Å². The van der Waals surface area contributed by atoms with Gasteiger partial charge in [-0.25, -0.2) is 0 Å². The topological polar surface area (TPSA) is 67.9 Å². The van der Waals surface area contributed by atoms with E-state index in [1.54, 1.807) is 12.1 Å².